The fraction of sp³-hybridized carbons (Fsp3) is 0.839. The second-order valence-electron chi connectivity index (χ2n) is 10.5. The number of hydrogen-bond donors (Lipinski definition) is 2. The molecule has 0 radical (unpaired) electrons. The van der Waals surface area contributed by atoms with Crippen LogP contribution in [0.25, 0.3) is 0 Å². The van der Waals surface area contributed by atoms with Crippen LogP contribution in [-0.4, -0.2) is 24.2 Å². The standard InChI is InChI=1S/C31H57NO2/c1-2-3-4-5-6-7-8-9-10-11-12-13-14-15-16-20-27-32-28-21-24-30(25-26-31(33)34)29-22-18-17-19-23-29/h9-10,32H,2-8,11-28H2,1H3,(H,33,34)/b10-9+. The van der Waals surface area contributed by atoms with E-state index in [0.717, 1.165) is 32.4 Å². The Morgan fingerprint density at radius 2 is 1.26 bits per heavy atom. The highest BCUT2D eigenvalue weighted by molar-refractivity contribution is 5.67. The highest BCUT2D eigenvalue weighted by Crippen LogP contribution is 2.29. The number of nitrogens with one attached hydrogen (secondary N) is 1. The molecule has 0 saturated heterocycles. The largest absolute Gasteiger partial charge is 0.481 e. The highest BCUT2D eigenvalue weighted by atomic mass is 16.4. The van der Waals surface area contributed by atoms with Crippen LogP contribution in [0.15, 0.2) is 23.3 Å². The zero-order valence-corrected chi connectivity index (χ0v) is 22.7. The van der Waals surface area contributed by atoms with E-state index in [1.54, 1.807) is 5.57 Å². The lowest BCUT2D eigenvalue weighted by atomic mass is 9.87. The quantitative estimate of drug-likeness (QED) is 0.114. The number of rotatable bonds is 23. The van der Waals surface area contributed by atoms with E-state index in [4.69, 9.17) is 5.11 Å². The van der Waals surface area contributed by atoms with Gasteiger partial charge in [0.2, 0.25) is 0 Å². The molecule has 1 rings (SSSR count). The van der Waals surface area contributed by atoms with Crippen LogP contribution in [0.2, 0.25) is 0 Å². The zero-order chi connectivity index (χ0) is 24.5. The van der Waals surface area contributed by atoms with Gasteiger partial charge in [0, 0.05) is 6.42 Å². The summed E-state index contributed by atoms with van der Waals surface area (Å²) in [5.41, 5.74) is 3.04. The molecule has 1 fully saturated rings. The van der Waals surface area contributed by atoms with E-state index in [-0.39, 0.29) is 0 Å². The molecule has 3 heteroatoms. The van der Waals surface area contributed by atoms with Crippen molar-refractivity contribution in [3.63, 3.8) is 0 Å². The van der Waals surface area contributed by atoms with Gasteiger partial charge in [-0.25, -0.2) is 0 Å². The van der Waals surface area contributed by atoms with Gasteiger partial charge in [0.15, 0.2) is 0 Å². The molecule has 0 heterocycles. The Morgan fingerprint density at radius 3 is 1.88 bits per heavy atom. The molecule has 198 valence electrons. The van der Waals surface area contributed by atoms with Gasteiger partial charge in [-0.3, -0.25) is 4.79 Å². The van der Waals surface area contributed by atoms with Crippen molar-refractivity contribution in [3.05, 3.63) is 23.3 Å². The SMILES string of the molecule is CCCCCCCC/C=C/CCCCCCCCNCCCC(CCC(=O)O)=C1CCCCC1. The van der Waals surface area contributed by atoms with Crippen molar-refractivity contribution < 1.29 is 9.90 Å². The third-order valence-electron chi connectivity index (χ3n) is 7.30. The molecule has 0 amide bonds. The average Bonchev–Trinajstić information content (AvgIpc) is 2.85. The first-order valence-corrected chi connectivity index (χ1v) is 15.0. The minimum absolute atomic E-state index is 0.293. The first-order valence-electron chi connectivity index (χ1n) is 15.0. The van der Waals surface area contributed by atoms with Gasteiger partial charge in [-0.2, -0.15) is 0 Å². The Labute approximate surface area is 212 Å². The summed E-state index contributed by atoms with van der Waals surface area (Å²) >= 11 is 0. The summed E-state index contributed by atoms with van der Waals surface area (Å²) in [6.07, 6.45) is 33.5. The minimum atomic E-state index is -0.660. The van der Waals surface area contributed by atoms with E-state index in [1.165, 1.54) is 128 Å². The van der Waals surface area contributed by atoms with Crippen molar-refractivity contribution >= 4 is 5.97 Å². The van der Waals surface area contributed by atoms with E-state index >= 15 is 0 Å². The van der Waals surface area contributed by atoms with Crippen LogP contribution < -0.4 is 5.32 Å². The van der Waals surface area contributed by atoms with Crippen molar-refractivity contribution in [1.29, 1.82) is 0 Å². The Balaban J connectivity index is 1.89. The lowest BCUT2D eigenvalue weighted by Crippen LogP contribution is -2.17. The molecule has 0 atom stereocenters. The molecule has 34 heavy (non-hydrogen) atoms. The van der Waals surface area contributed by atoms with Crippen LogP contribution in [0, 0.1) is 0 Å². The molecule has 3 nitrogen and oxygen atoms in total. The van der Waals surface area contributed by atoms with E-state index < -0.39 is 5.97 Å². The predicted octanol–water partition coefficient (Wildman–Crippen LogP) is 9.52. The van der Waals surface area contributed by atoms with Crippen molar-refractivity contribution in [1.82, 2.24) is 5.32 Å². The fourth-order valence-corrected chi connectivity index (χ4v) is 5.12. The number of carbonyl (C=O) groups is 1. The van der Waals surface area contributed by atoms with E-state index in [0.29, 0.717) is 6.42 Å². The summed E-state index contributed by atoms with van der Waals surface area (Å²) in [6.45, 7) is 4.47. The molecule has 0 aromatic carbocycles. The third kappa shape index (κ3) is 19.2. The van der Waals surface area contributed by atoms with Crippen LogP contribution >= 0.6 is 0 Å². The van der Waals surface area contributed by atoms with Gasteiger partial charge < -0.3 is 10.4 Å². The van der Waals surface area contributed by atoms with Crippen LogP contribution in [0.3, 0.4) is 0 Å². The smallest absolute Gasteiger partial charge is 0.303 e. The molecule has 0 aromatic rings. The summed E-state index contributed by atoms with van der Waals surface area (Å²) in [5.74, 6) is -0.660. The molecular weight excluding hydrogens is 418 g/mol. The van der Waals surface area contributed by atoms with Gasteiger partial charge in [0.25, 0.3) is 0 Å². The van der Waals surface area contributed by atoms with Crippen LogP contribution in [0.5, 0.6) is 0 Å². The maximum Gasteiger partial charge on any atom is 0.303 e. The lowest BCUT2D eigenvalue weighted by molar-refractivity contribution is -0.136. The first kappa shape index (κ1) is 30.9. The second-order valence-corrected chi connectivity index (χ2v) is 10.5. The van der Waals surface area contributed by atoms with Crippen LogP contribution in [0.1, 0.15) is 155 Å². The summed E-state index contributed by atoms with van der Waals surface area (Å²) in [5, 5.41) is 12.7. The predicted molar refractivity (Wildman–Crippen MR) is 149 cm³/mol. The van der Waals surface area contributed by atoms with Crippen molar-refractivity contribution in [2.24, 2.45) is 0 Å². The lowest BCUT2D eigenvalue weighted by Gasteiger charge is -2.19. The molecule has 2 N–H and O–H groups in total. The maximum absolute atomic E-state index is 11.0. The van der Waals surface area contributed by atoms with Crippen LogP contribution in [0.4, 0.5) is 0 Å². The number of carboxylic acids is 1. The zero-order valence-electron chi connectivity index (χ0n) is 22.7. The van der Waals surface area contributed by atoms with Gasteiger partial charge in [-0.15, -0.1) is 0 Å². The molecular formula is C31H57NO2. The molecule has 1 aliphatic rings. The minimum Gasteiger partial charge on any atom is -0.481 e. The van der Waals surface area contributed by atoms with Crippen molar-refractivity contribution in [2.45, 2.75) is 155 Å². The average molecular weight is 476 g/mol. The molecule has 0 unspecified atom stereocenters. The molecule has 1 saturated carbocycles. The fourth-order valence-electron chi connectivity index (χ4n) is 5.12. The topological polar surface area (TPSA) is 49.3 Å². The van der Waals surface area contributed by atoms with Crippen molar-refractivity contribution in [2.75, 3.05) is 13.1 Å². The normalized spacial score (nSPS) is 14.2. The Morgan fingerprint density at radius 1 is 0.706 bits per heavy atom. The molecule has 0 bridgehead atoms. The first-order chi connectivity index (χ1) is 16.7. The Bertz CT molecular complexity index is 530. The van der Waals surface area contributed by atoms with Crippen molar-refractivity contribution in [3.8, 4) is 0 Å². The van der Waals surface area contributed by atoms with Gasteiger partial charge in [0.05, 0.1) is 0 Å². The summed E-state index contributed by atoms with van der Waals surface area (Å²) < 4.78 is 0. The number of carboxylic acid groups (broad SMARTS) is 1. The second kappa shape index (κ2) is 23.6. The Hall–Kier alpha value is -1.09. The number of unbranched alkanes of at least 4 members (excludes halogenated alkanes) is 12. The summed E-state index contributed by atoms with van der Waals surface area (Å²) in [7, 11) is 0. The maximum atomic E-state index is 11.0. The van der Waals surface area contributed by atoms with Gasteiger partial charge in [-0.05, 0) is 90.1 Å². The van der Waals surface area contributed by atoms with E-state index in [2.05, 4.69) is 24.4 Å². The molecule has 0 spiro atoms. The van der Waals surface area contributed by atoms with E-state index in [1.807, 2.05) is 0 Å². The summed E-state index contributed by atoms with van der Waals surface area (Å²) in [6, 6.07) is 0. The van der Waals surface area contributed by atoms with Crippen LogP contribution in [-0.2, 0) is 4.79 Å². The molecule has 1 aliphatic carbocycles. The van der Waals surface area contributed by atoms with E-state index in [9.17, 15) is 4.79 Å². The number of allylic oxidation sites excluding steroid dienone is 4. The highest BCUT2D eigenvalue weighted by Gasteiger charge is 2.12. The molecule has 0 aromatic heterocycles. The van der Waals surface area contributed by atoms with Gasteiger partial charge in [0.1, 0.15) is 0 Å². The number of aliphatic carboxylic acids is 1. The van der Waals surface area contributed by atoms with Gasteiger partial charge in [-0.1, -0.05) is 94.4 Å². The monoisotopic (exact) mass is 475 g/mol. The number of hydrogen-bond acceptors (Lipinski definition) is 2. The Kier molecular flexibility index (Phi) is 21.5. The molecule has 0 aliphatic heterocycles. The van der Waals surface area contributed by atoms with Gasteiger partial charge >= 0.3 is 5.97 Å². The summed E-state index contributed by atoms with van der Waals surface area (Å²) in [4.78, 5) is 11.0. The third-order valence-corrected chi connectivity index (χ3v) is 7.30.